The number of hydrogen-bond acceptors (Lipinski definition) is 3. The summed E-state index contributed by atoms with van der Waals surface area (Å²) in [5.74, 6) is -0.0424. The van der Waals surface area contributed by atoms with Crippen LogP contribution in [0.3, 0.4) is 0 Å². The topological polar surface area (TPSA) is 38.0 Å². The molecule has 0 unspecified atom stereocenters. The molecule has 0 aliphatic rings. The number of nitrogens with zero attached hydrogens (tertiary/aromatic N) is 2. The summed E-state index contributed by atoms with van der Waals surface area (Å²) in [4.78, 5) is -0.0271. The number of thioether (sulfide) groups is 1. The second kappa shape index (κ2) is 4.33. The van der Waals surface area contributed by atoms with Gasteiger partial charge in [0.25, 0.3) is 0 Å². The van der Waals surface area contributed by atoms with Crippen molar-refractivity contribution >= 4 is 11.8 Å². The number of hydrogen-bond donors (Lipinski definition) is 1. The summed E-state index contributed by atoms with van der Waals surface area (Å²) < 4.78 is 37.5. The maximum atomic E-state index is 12.1. The van der Waals surface area contributed by atoms with E-state index in [1.54, 1.807) is 18.2 Å². The molecule has 0 saturated carbocycles. The molecule has 3 nitrogen and oxygen atoms in total. The number of aromatic hydroxyl groups is 1. The van der Waals surface area contributed by atoms with Crippen LogP contribution in [0.15, 0.2) is 41.6 Å². The summed E-state index contributed by atoms with van der Waals surface area (Å²) >= 11 is -0.243. The molecule has 2 aromatic rings. The molecule has 1 aromatic carbocycles. The number of phenols is 1. The van der Waals surface area contributed by atoms with E-state index in [-0.39, 0.29) is 22.4 Å². The highest BCUT2D eigenvalue weighted by Crippen LogP contribution is 2.37. The van der Waals surface area contributed by atoms with Crippen LogP contribution >= 0.6 is 11.8 Å². The highest BCUT2D eigenvalue weighted by molar-refractivity contribution is 8.00. The van der Waals surface area contributed by atoms with E-state index in [2.05, 4.69) is 5.10 Å². The van der Waals surface area contributed by atoms with Crippen LogP contribution < -0.4 is 0 Å². The predicted molar refractivity (Wildman–Crippen MR) is 57.1 cm³/mol. The van der Waals surface area contributed by atoms with Gasteiger partial charge in [-0.25, -0.2) is 4.68 Å². The Morgan fingerprint density at radius 3 is 2.59 bits per heavy atom. The van der Waals surface area contributed by atoms with E-state index in [4.69, 9.17) is 0 Å². The fraction of sp³-hybridized carbons (Fsp3) is 0.100. The lowest BCUT2D eigenvalue weighted by Gasteiger charge is -2.03. The normalized spacial score (nSPS) is 11.7. The summed E-state index contributed by atoms with van der Waals surface area (Å²) in [6.07, 6.45) is 2.32. The second-order valence-corrected chi connectivity index (χ2v) is 4.30. The molecule has 90 valence electrons. The molecule has 0 atom stereocenters. The lowest BCUT2D eigenvalue weighted by Crippen LogP contribution is -1.98. The van der Waals surface area contributed by atoms with Crippen molar-refractivity contribution in [1.29, 1.82) is 0 Å². The molecule has 0 aliphatic heterocycles. The van der Waals surface area contributed by atoms with Crippen molar-refractivity contribution in [2.24, 2.45) is 0 Å². The number of para-hydroxylation sites is 2. The van der Waals surface area contributed by atoms with E-state index in [0.717, 1.165) is 6.20 Å². The summed E-state index contributed by atoms with van der Waals surface area (Å²) in [6.45, 7) is 0. The Balaban J connectivity index is 2.28. The lowest BCUT2D eigenvalue weighted by molar-refractivity contribution is -0.0328. The minimum atomic E-state index is -4.34. The van der Waals surface area contributed by atoms with Gasteiger partial charge in [0.1, 0.15) is 11.4 Å². The zero-order valence-electron chi connectivity index (χ0n) is 8.35. The molecule has 0 radical (unpaired) electrons. The summed E-state index contributed by atoms with van der Waals surface area (Å²) in [7, 11) is 0. The highest BCUT2D eigenvalue weighted by atomic mass is 32.2. The van der Waals surface area contributed by atoms with Crippen molar-refractivity contribution in [2.75, 3.05) is 0 Å². The van der Waals surface area contributed by atoms with Gasteiger partial charge < -0.3 is 5.11 Å². The van der Waals surface area contributed by atoms with E-state index in [9.17, 15) is 18.3 Å². The third-order valence-electron chi connectivity index (χ3n) is 1.92. The van der Waals surface area contributed by atoms with Crippen LogP contribution in [-0.4, -0.2) is 20.4 Å². The number of benzene rings is 1. The van der Waals surface area contributed by atoms with Crippen LogP contribution in [0.25, 0.3) is 5.69 Å². The molecule has 1 aromatic heterocycles. The molecule has 0 spiro atoms. The van der Waals surface area contributed by atoms with Crippen LogP contribution in [-0.2, 0) is 0 Å². The van der Waals surface area contributed by atoms with Gasteiger partial charge in [-0.1, -0.05) is 12.1 Å². The van der Waals surface area contributed by atoms with Gasteiger partial charge in [0.2, 0.25) is 0 Å². The van der Waals surface area contributed by atoms with Crippen LogP contribution in [0, 0.1) is 0 Å². The summed E-state index contributed by atoms with van der Waals surface area (Å²) in [6, 6.07) is 6.28. The molecule has 0 amide bonds. The molecule has 0 aliphatic carbocycles. The average Bonchev–Trinajstić information content (AvgIpc) is 2.64. The quantitative estimate of drug-likeness (QED) is 0.843. The first kappa shape index (κ1) is 11.8. The maximum absolute atomic E-state index is 12.1. The van der Waals surface area contributed by atoms with Gasteiger partial charge in [-0.2, -0.15) is 18.3 Å². The molecule has 7 heteroatoms. The molecule has 1 heterocycles. The van der Waals surface area contributed by atoms with E-state index < -0.39 is 5.51 Å². The van der Waals surface area contributed by atoms with Crippen molar-refractivity contribution in [1.82, 2.24) is 9.78 Å². The monoisotopic (exact) mass is 260 g/mol. The van der Waals surface area contributed by atoms with E-state index >= 15 is 0 Å². The third-order valence-corrected chi connectivity index (χ3v) is 2.60. The zero-order valence-corrected chi connectivity index (χ0v) is 9.16. The molecular formula is C10H7F3N2OS. The SMILES string of the molecule is Oc1ccccc1-n1cc(SC(F)(F)F)cn1. The van der Waals surface area contributed by atoms with E-state index in [0.29, 0.717) is 5.69 Å². The van der Waals surface area contributed by atoms with Crippen LogP contribution in [0.2, 0.25) is 0 Å². The van der Waals surface area contributed by atoms with E-state index in [1.807, 2.05) is 0 Å². The van der Waals surface area contributed by atoms with Crippen LogP contribution in [0.1, 0.15) is 0 Å². The minimum absolute atomic E-state index is 0.0271. The number of aromatic nitrogens is 2. The molecule has 17 heavy (non-hydrogen) atoms. The number of alkyl halides is 3. The molecule has 1 N–H and O–H groups in total. The van der Waals surface area contributed by atoms with Gasteiger partial charge in [-0.05, 0) is 23.9 Å². The van der Waals surface area contributed by atoms with Gasteiger partial charge in [0.05, 0.1) is 11.1 Å². The highest BCUT2D eigenvalue weighted by Gasteiger charge is 2.30. The number of rotatable bonds is 2. The number of phenolic OH excluding ortho intramolecular Hbond substituents is 1. The fourth-order valence-corrected chi connectivity index (χ4v) is 1.80. The van der Waals surface area contributed by atoms with Crippen molar-refractivity contribution < 1.29 is 18.3 Å². The number of halogens is 3. The van der Waals surface area contributed by atoms with Crippen molar-refractivity contribution in [2.45, 2.75) is 10.4 Å². The predicted octanol–water partition coefficient (Wildman–Crippen LogP) is 3.19. The van der Waals surface area contributed by atoms with Crippen LogP contribution in [0.5, 0.6) is 5.75 Å². The van der Waals surface area contributed by atoms with Gasteiger partial charge in [0.15, 0.2) is 0 Å². The van der Waals surface area contributed by atoms with Crippen molar-refractivity contribution in [3.05, 3.63) is 36.7 Å². The van der Waals surface area contributed by atoms with Gasteiger partial charge >= 0.3 is 5.51 Å². The molecule has 0 saturated heterocycles. The molecule has 0 bridgehead atoms. The Bertz CT molecular complexity index is 524. The standard InChI is InChI=1S/C10H7F3N2OS/c11-10(12,13)17-7-5-14-15(6-7)8-3-1-2-4-9(8)16/h1-6,16H. The molecule has 0 fully saturated rings. The second-order valence-electron chi connectivity index (χ2n) is 3.16. The summed E-state index contributed by atoms with van der Waals surface area (Å²) in [5.41, 5.74) is -4.01. The first-order chi connectivity index (χ1) is 7.96. The van der Waals surface area contributed by atoms with Gasteiger partial charge in [-0.15, -0.1) is 0 Å². The minimum Gasteiger partial charge on any atom is -0.506 e. The first-order valence-corrected chi connectivity index (χ1v) is 5.36. The smallest absolute Gasteiger partial charge is 0.446 e. The molecule has 2 rings (SSSR count). The van der Waals surface area contributed by atoms with Crippen LogP contribution in [0.4, 0.5) is 13.2 Å². The maximum Gasteiger partial charge on any atom is 0.446 e. The van der Waals surface area contributed by atoms with Crippen molar-refractivity contribution in [3.63, 3.8) is 0 Å². The fourth-order valence-electron chi connectivity index (χ4n) is 1.28. The van der Waals surface area contributed by atoms with Crippen molar-refractivity contribution in [3.8, 4) is 11.4 Å². The van der Waals surface area contributed by atoms with Gasteiger partial charge in [0, 0.05) is 6.20 Å². The Kier molecular flexibility index (Phi) is 3.01. The first-order valence-electron chi connectivity index (χ1n) is 4.54. The Hall–Kier alpha value is -1.63. The lowest BCUT2D eigenvalue weighted by atomic mass is 10.3. The van der Waals surface area contributed by atoms with Gasteiger partial charge in [-0.3, -0.25) is 0 Å². The Labute approximate surface area is 98.9 Å². The Morgan fingerprint density at radius 2 is 1.94 bits per heavy atom. The average molecular weight is 260 g/mol. The van der Waals surface area contributed by atoms with E-state index in [1.165, 1.54) is 16.9 Å². The zero-order chi connectivity index (χ0) is 12.5. The third kappa shape index (κ3) is 2.94. The largest absolute Gasteiger partial charge is 0.506 e. The molecular weight excluding hydrogens is 253 g/mol. The summed E-state index contributed by atoms with van der Waals surface area (Å²) in [5, 5.41) is 13.3. The Morgan fingerprint density at radius 1 is 1.24 bits per heavy atom.